The molecule has 3 rings (SSSR count). The number of aliphatic imine (C=N–C) groups is 1. The van der Waals surface area contributed by atoms with Crippen molar-refractivity contribution in [3.63, 3.8) is 0 Å². The van der Waals surface area contributed by atoms with Gasteiger partial charge in [0.2, 0.25) is 5.91 Å². The summed E-state index contributed by atoms with van der Waals surface area (Å²) in [5.74, 6) is -0.135. The van der Waals surface area contributed by atoms with Crippen LogP contribution in [0.1, 0.15) is 11.1 Å². The highest BCUT2D eigenvalue weighted by atomic mass is 35.5. The number of nitrogens with zero attached hydrogens (tertiary/aromatic N) is 2. The Morgan fingerprint density at radius 1 is 1.23 bits per heavy atom. The molecule has 1 aliphatic heterocycles. The average molecular weight is 334 g/mol. The number of halogens is 2. The fraction of sp³-hybridized carbons (Fsp3) is 0.125. The normalized spacial score (nSPS) is 14.4. The Kier molecular flexibility index (Phi) is 3.81. The van der Waals surface area contributed by atoms with E-state index < -0.39 is 0 Å². The highest BCUT2D eigenvalue weighted by molar-refractivity contribution is 6.43. The van der Waals surface area contributed by atoms with Gasteiger partial charge in [0.05, 0.1) is 27.1 Å². The van der Waals surface area contributed by atoms with Gasteiger partial charge in [-0.2, -0.15) is 0 Å². The third-order valence-corrected chi connectivity index (χ3v) is 4.33. The molecule has 2 aromatic carbocycles. The molecule has 2 aromatic rings. The molecule has 0 radical (unpaired) electrons. The van der Waals surface area contributed by atoms with Crippen LogP contribution in [0.3, 0.4) is 0 Å². The van der Waals surface area contributed by atoms with Crippen LogP contribution in [0, 0.1) is 0 Å². The summed E-state index contributed by atoms with van der Waals surface area (Å²) in [6.07, 6.45) is 0. The molecule has 0 atom stereocenters. The van der Waals surface area contributed by atoms with E-state index in [0.29, 0.717) is 27.0 Å². The molecule has 0 aliphatic carbocycles. The average Bonchev–Trinajstić information content (AvgIpc) is 2.65. The predicted molar refractivity (Wildman–Crippen MR) is 91.2 cm³/mol. The van der Waals surface area contributed by atoms with Crippen LogP contribution in [-0.2, 0) is 4.79 Å². The molecule has 1 heterocycles. The molecule has 0 aromatic heterocycles. The smallest absolute Gasteiger partial charge is 0.248 e. The number of rotatable bonds is 1. The Hall–Kier alpha value is -2.04. The highest BCUT2D eigenvalue weighted by Crippen LogP contribution is 2.40. The zero-order valence-corrected chi connectivity index (χ0v) is 13.3. The molecule has 22 heavy (non-hydrogen) atoms. The molecule has 1 aliphatic rings. The lowest BCUT2D eigenvalue weighted by Gasteiger charge is -2.20. The molecule has 6 heteroatoms. The maximum Gasteiger partial charge on any atom is 0.248 e. The predicted octanol–water partition coefficient (Wildman–Crippen LogP) is 3.39. The fourth-order valence-electron chi connectivity index (χ4n) is 2.41. The summed E-state index contributed by atoms with van der Waals surface area (Å²) >= 11 is 12.5. The molecule has 0 unspecified atom stereocenters. The Morgan fingerprint density at radius 2 is 1.91 bits per heavy atom. The van der Waals surface area contributed by atoms with E-state index in [2.05, 4.69) is 4.99 Å². The van der Waals surface area contributed by atoms with Crippen molar-refractivity contribution in [2.75, 3.05) is 24.2 Å². The number of nitrogens with two attached hydrogens (primary N) is 1. The van der Waals surface area contributed by atoms with E-state index in [0.717, 1.165) is 5.56 Å². The first-order chi connectivity index (χ1) is 10.5. The van der Waals surface area contributed by atoms with Gasteiger partial charge in [-0.25, -0.2) is 0 Å². The number of benzene rings is 2. The summed E-state index contributed by atoms with van der Waals surface area (Å²) < 4.78 is 0. The number of amides is 1. The van der Waals surface area contributed by atoms with Crippen LogP contribution < -0.4 is 10.6 Å². The lowest BCUT2D eigenvalue weighted by atomic mass is 9.99. The molecular formula is C16H13Cl2N3O. The van der Waals surface area contributed by atoms with Crippen LogP contribution in [0.2, 0.25) is 10.0 Å². The lowest BCUT2D eigenvalue weighted by Crippen LogP contribution is -2.28. The van der Waals surface area contributed by atoms with Crippen LogP contribution in [0.4, 0.5) is 11.4 Å². The Labute approximate surface area is 138 Å². The van der Waals surface area contributed by atoms with Crippen molar-refractivity contribution in [3.8, 4) is 0 Å². The second kappa shape index (κ2) is 5.63. The number of nitrogen functional groups attached to an aromatic ring is 1. The van der Waals surface area contributed by atoms with Gasteiger partial charge in [-0.1, -0.05) is 53.5 Å². The van der Waals surface area contributed by atoms with Crippen LogP contribution >= 0.6 is 23.2 Å². The monoisotopic (exact) mass is 333 g/mol. The first-order valence-electron chi connectivity index (χ1n) is 6.65. The summed E-state index contributed by atoms with van der Waals surface area (Å²) in [7, 11) is 1.67. The molecular weight excluding hydrogens is 321 g/mol. The number of anilines is 2. The van der Waals surface area contributed by atoms with E-state index in [4.69, 9.17) is 28.9 Å². The van der Waals surface area contributed by atoms with Crippen molar-refractivity contribution < 1.29 is 4.79 Å². The quantitative estimate of drug-likeness (QED) is 0.813. The van der Waals surface area contributed by atoms with Crippen molar-refractivity contribution in [1.82, 2.24) is 0 Å². The van der Waals surface area contributed by atoms with Crippen LogP contribution in [0.5, 0.6) is 0 Å². The topological polar surface area (TPSA) is 58.7 Å². The summed E-state index contributed by atoms with van der Waals surface area (Å²) in [6.45, 7) is 0.0449. The molecule has 4 nitrogen and oxygen atoms in total. The number of benzodiazepines with no additional fused rings is 1. The lowest BCUT2D eigenvalue weighted by molar-refractivity contribution is -0.116. The van der Waals surface area contributed by atoms with E-state index >= 15 is 0 Å². The van der Waals surface area contributed by atoms with Crippen molar-refractivity contribution >= 4 is 46.2 Å². The van der Waals surface area contributed by atoms with Gasteiger partial charge in [0, 0.05) is 18.2 Å². The third-order valence-electron chi connectivity index (χ3n) is 3.62. The number of carbonyl (C=O) groups excluding carboxylic acids is 1. The van der Waals surface area contributed by atoms with Crippen molar-refractivity contribution in [2.24, 2.45) is 4.99 Å². The minimum absolute atomic E-state index is 0.0449. The van der Waals surface area contributed by atoms with Crippen LogP contribution in [0.15, 0.2) is 41.4 Å². The SMILES string of the molecule is CN1C(=O)CN=C(c2ccccc2)c2c1cc(Cl)c(N)c2Cl. The number of fused-ring (bicyclic) bond motifs is 1. The molecule has 0 fully saturated rings. The summed E-state index contributed by atoms with van der Waals surface area (Å²) in [4.78, 5) is 18.1. The van der Waals surface area contributed by atoms with Gasteiger partial charge < -0.3 is 10.6 Å². The van der Waals surface area contributed by atoms with E-state index in [9.17, 15) is 4.79 Å². The molecule has 0 bridgehead atoms. The summed E-state index contributed by atoms with van der Waals surface area (Å²) in [6, 6.07) is 11.2. The van der Waals surface area contributed by atoms with Gasteiger partial charge in [-0.3, -0.25) is 9.79 Å². The maximum absolute atomic E-state index is 12.2. The van der Waals surface area contributed by atoms with Gasteiger partial charge in [-0.05, 0) is 6.07 Å². The second-order valence-corrected chi connectivity index (χ2v) is 5.75. The van der Waals surface area contributed by atoms with Gasteiger partial charge >= 0.3 is 0 Å². The zero-order chi connectivity index (χ0) is 15.9. The maximum atomic E-state index is 12.2. The van der Waals surface area contributed by atoms with Gasteiger partial charge in [0.25, 0.3) is 0 Å². The van der Waals surface area contributed by atoms with E-state index in [1.54, 1.807) is 13.1 Å². The fourth-order valence-corrected chi connectivity index (χ4v) is 2.94. The minimum atomic E-state index is -0.135. The first-order valence-corrected chi connectivity index (χ1v) is 7.40. The Bertz CT molecular complexity index is 788. The Morgan fingerprint density at radius 3 is 2.59 bits per heavy atom. The van der Waals surface area contributed by atoms with Crippen LogP contribution in [0.25, 0.3) is 0 Å². The number of carbonyl (C=O) groups is 1. The molecule has 0 saturated carbocycles. The van der Waals surface area contributed by atoms with Crippen LogP contribution in [-0.4, -0.2) is 25.2 Å². The van der Waals surface area contributed by atoms with Gasteiger partial charge in [0.1, 0.15) is 6.54 Å². The standard InChI is InChI=1S/C16H13Cl2N3O/c1-21-11-7-10(17)15(19)14(18)13(11)16(20-8-12(21)22)9-5-3-2-4-6-9/h2-7H,8,19H2,1H3. The molecule has 0 saturated heterocycles. The van der Waals surface area contributed by atoms with Gasteiger partial charge in [-0.15, -0.1) is 0 Å². The zero-order valence-electron chi connectivity index (χ0n) is 11.8. The largest absolute Gasteiger partial charge is 0.396 e. The second-order valence-electron chi connectivity index (χ2n) is 4.96. The number of hydrogen-bond donors (Lipinski definition) is 1. The molecule has 0 spiro atoms. The molecule has 1 amide bonds. The van der Waals surface area contributed by atoms with Crippen molar-refractivity contribution in [1.29, 1.82) is 0 Å². The van der Waals surface area contributed by atoms with E-state index in [1.165, 1.54) is 4.90 Å². The Balaban J connectivity index is 2.33. The van der Waals surface area contributed by atoms with Gasteiger partial charge in [0.15, 0.2) is 0 Å². The number of hydrogen-bond acceptors (Lipinski definition) is 3. The molecule has 2 N–H and O–H groups in total. The van der Waals surface area contributed by atoms with Crippen molar-refractivity contribution in [3.05, 3.63) is 57.6 Å². The highest BCUT2D eigenvalue weighted by Gasteiger charge is 2.27. The van der Waals surface area contributed by atoms with E-state index in [1.807, 2.05) is 30.3 Å². The van der Waals surface area contributed by atoms with E-state index in [-0.39, 0.29) is 18.1 Å². The minimum Gasteiger partial charge on any atom is -0.396 e. The summed E-state index contributed by atoms with van der Waals surface area (Å²) in [5, 5.41) is 0.629. The summed E-state index contributed by atoms with van der Waals surface area (Å²) in [5.41, 5.74) is 8.99. The number of likely N-dealkylation sites (N-methyl/N-ethyl adjacent to an activating group) is 1. The molecule has 112 valence electrons. The third kappa shape index (κ3) is 2.34. The van der Waals surface area contributed by atoms with Crippen molar-refractivity contribution in [2.45, 2.75) is 0 Å². The first kappa shape index (κ1) is 14.9.